The van der Waals surface area contributed by atoms with Gasteiger partial charge in [-0.1, -0.05) is 47.0 Å². The molecule has 2 aliphatic rings. The molecule has 0 N–H and O–H groups in total. The Labute approximate surface area is 97.4 Å². The largest absolute Gasteiger partial charge is 0.0884 e. The Morgan fingerprint density at radius 2 is 0.909 bits per heavy atom. The van der Waals surface area contributed by atoms with Gasteiger partial charge in [-0.05, 0) is 21.6 Å². The molecule has 11 heavy (non-hydrogen) atoms. The summed E-state index contributed by atoms with van der Waals surface area (Å²) in [4.78, 5) is 0. The molecular weight excluding hydrogens is 395 g/mol. The molecule has 2 heterocycles. The first-order valence-corrected chi connectivity index (χ1v) is 6.19. The van der Waals surface area contributed by atoms with Gasteiger partial charge in [0.2, 0.25) is 0 Å². The molecule has 0 atom stereocenters. The number of thioether (sulfide) groups is 4. The molecule has 2 rings (SSSR count). The Hall–Kier alpha value is 1.31. The van der Waals surface area contributed by atoms with Crippen molar-refractivity contribution in [2.45, 2.75) is 0 Å². The van der Waals surface area contributed by atoms with Crippen LogP contribution < -0.4 is 0 Å². The van der Waals surface area contributed by atoms with E-state index in [1.54, 1.807) is 0 Å². The molecule has 0 aromatic heterocycles. The second-order valence-electron chi connectivity index (χ2n) is 1.59. The summed E-state index contributed by atoms with van der Waals surface area (Å²) in [6.45, 7) is 0. The third kappa shape index (κ3) is 2.63. The van der Waals surface area contributed by atoms with Gasteiger partial charge in [-0.25, -0.2) is 0 Å². The molecule has 2 aliphatic heterocycles. The van der Waals surface area contributed by atoms with Gasteiger partial charge in [-0.3, -0.25) is 0 Å². The minimum atomic E-state index is 0. The van der Waals surface area contributed by atoms with Crippen LogP contribution in [-0.4, -0.2) is 0 Å². The molecule has 0 radical (unpaired) electrons. The molecule has 0 aromatic carbocycles. The van der Waals surface area contributed by atoms with E-state index in [-0.39, 0.29) is 21.1 Å². The van der Waals surface area contributed by atoms with E-state index in [2.05, 4.69) is 21.6 Å². The zero-order valence-corrected chi connectivity index (χ0v) is 10.8. The van der Waals surface area contributed by atoms with Crippen molar-refractivity contribution in [1.29, 1.82) is 0 Å². The maximum atomic E-state index is 2.13. The van der Waals surface area contributed by atoms with Crippen LogP contribution >= 0.6 is 47.0 Å². The number of hydrogen-bond acceptors (Lipinski definition) is 4. The summed E-state index contributed by atoms with van der Waals surface area (Å²) in [5.41, 5.74) is 0. The number of rotatable bonds is 0. The molecule has 0 fully saturated rings. The van der Waals surface area contributed by atoms with Crippen molar-refractivity contribution in [2.75, 3.05) is 0 Å². The van der Waals surface area contributed by atoms with E-state index in [0.717, 1.165) is 0 Å². The topological polar surface area (TPSA) is 0 Å². The quantitative estimate of drug-likeness (QED) is 0.603. The van der Waals surface area contributed by atoms with Crippen LogP contribution in [0.1, 0.15) is 0 Å². The average molecular weight is 399 g/mol. The van der Waals surface area contributed by atoms with Gasteiger partial charge in [-0.2, -0.15) is 0 Å². The minimum absolute atomic E-state index is 0. The second kappa shape index (κ2) is 5.13. The predicted octanol–water partition coefficient (Wildman–Crippen LogP) is 4.01. The molecule has 0 spiro atoms. The van der Waals surface area contributed by atoms with Crippen LogP contribution in [0, 0.1) is 0 Å². The van der Waals surface area contributed by atoms with Gasteiger partial charge in [-0.15, -0.1) is 0 Å². The van der Waals surface area contributed by atoms with Crippen molar-refractivity contribution in [3.05, 3.63) is 30.1 Å². The molecule has 5 heteroatoms. The monoisotopic (exact) mass is 399 g/mol. The maximum absolute atomic E-state index is 2.13. The summed E-state index contributed by atoms with van der Waals surface area (Å²) in [6.07, 6.45) is 0. The Kier molecular flexibility index (Phi) is 4.84. The zero-order valence-electron chi connectivity index (χ0n) is 5.26. The van der Waals surface area contributed by atoms with Crippen molar-refractivity contribution in [1.82, 2.24) is 0 Å². The summed E-state index contributed by atoms with van der Waals surface area (Å²) in [5, 5.41) is 8.53. The molecule has 0 unspecified atom stereocenters. The Morgan fingerprint density at radius 1 is 0.636 bits per heavy atom. The standard InChI is InChI=1S/C6H4S4.Pt/c1-2-8-5(7-1)6-9-3-4-10-6;/h1-4H;. The van der Waals surface area contributed by atoms with E-state index >= 15 is 0 Å². The zero-order chi connectivity index (χ0) is 6.81. The first kappa shape index (κ1) is 10.4. The number of hydrogen-bond donors (Lipinski definition) is 0. The van der Waals surface area contributed by atoms with Gasteiger partial charge in [0.25, 0.3) is 0 Å². The summed E-state index contributed by atoms with van der Waals surface area (Å²) in [5.74, 6) is 0. The summed E-state index contributed by atoms with van der Waals surface area (Å²) in [6, 6.07) is 0. The smallest absolute Gasteiger partial charge is 0.0694 e. The van der Waals surface area contributed by atoms with Crippen molar-refractivity contribution in [3.63, 3.8) is 0 Å². The molecule has 62 valence electrons. The Balaban J connectivity index is 0.000000605. The molecule has 0 saturated heterocycles. The van der Waals surface area contributed by atoms with Crippen molar-refractivity contribution >= 4 is 47.0 Å². The predicted molar refractivity (Wildman–Crippen MR) is 55.7 cm³/mol. The van der Waals surface area contributed by atoms with E-state index in [4.69, 9.17) is 0 Å². The third-order valence-electron chi connectivity index (χ3n) is 0.978. The van der Waals surface area contributed by atoms with Gasteiger partial charge in [0, 0.05) is 21.1 Å². The van der Waals surface area contributed by atoms with Crippen LogP contribution in [0.2, 0.25) is 0 Å². The first-order chi connectivity index (χ1) is 4.97. The average Bonchev–Trinajstić information content (AvgIpc) is 2.59. The van der Waals surface area contributed by atoms with Crippen LogP contribution in [0.25, 0.3) is 0 Å². The van der Waals surface area contributed by atoms with E-state index in [1.807, 2.05) is 47.0 Å². The second-order valence-corrected chi connectivity index (χ2v) is 5.77. The van der Waals surface area contributed by atoms with Crippen molar-refractivity contribution in [3.8, 4) is 0 Å². The SMILES string of the molecule is C1=CSC(=C2SC=CS2)S1.[Pt]. The molecular formula is C6H4PtS4. The van der Waals surface area contributed by atoms with Gasteiger partial charge in [0.15, 0.2) is 0 Å². The van der Waals surface area contributed by atoms with Gasteiger partial charge >= 0.3 is 0 Å². The van der Waals surface area contributed by atoms with Crippen LogP contribution in [0.5, 0.6) is 0 Å². The van der Waals surface area contributed by atoms with Gasteiger partial charge in [0.1, 0.15) is 0 Å². The normalized spacial score (nSPS) is 21.1. The third-order valence-corrected chi connectivity index (χ3v) is 5.76. The van der Waals surface area contributed by atoms with E-state index < -0.39 is 0 Å². The van der Waals surface area contributed by atoms with Gasteiger partial charge in [0.05, 0.1) is 8.47 Å². The Morgan fingerprint density at radius 3 is 1.18 bits per heavy atom. The molecule has 0 amide bonds. The molecule has 0 aliphatic carbocycles. The molecule has 0 aromatic rings. The summed E-state index contributed by atoms with van der Waals surface area (Å²) < 4.78 is 2.86. The van der Waals surface area contributed by atoms with E-state index in [9.17, 15) is 0 Å². The minimum Gasteiger partial charge on any atom is -0.0884 e. The van der Waals surface area contributed by atoms with Crippen LogP contribution in [0.3, 0.4) is 0 Å². The van der Waals surface area contributed by atoms with Crippen LogP contribution in [0.4, 0.5) is 0 Å². The first-order valence-electron chi connectivity index (χ1n) is 2.68. The summed E-state index contributed by atoms with van der Waals surface area (Å²) in [7, 11) is 0. The van der Waals surface area contributed by atoms with Gasteiger partial charge < -0.3 is 0 Å². The Bertz CT molecular complexity index is 187. The molecule has 0 saturated carbocycles. The summed E-state index contributed by atoms with van der Waals surface area (Å²) >= 11 is 7.28. The van der Waals surface area contributed by atoms with Crippen molar-refractivity contribution in [2.24, 2.45) is 0 Å². The van der Waals surface area contributed by atoms with E-state index in [1.165, 1.54) is 8.47 Å². The molecule has 0 nitrogen and oxygen atoms in total. The fourth-order valence-electron chi connectivity index (χ4n) is 0.606. The van der Waals surface area contributed by atoms with E-state index in [0.29, 0.717) is 0 Å². The fourth-order valence-corrected chi connectivity index (χ4v) is 4.64. The molecule has 0 bridgehead atoms. The van der Waals surface area contributed by atoms with Crippen molar-refractivity contribution < 1.29 is 21.1 Å². The maximum Gasteiger partial charge on any atom is 0.0694 e. The fraction of sp³-hybridized carbons (Fsp3) is 0. The van der Waals surface area contributed by atoms with Crippen LogP contribution in [-0.2, 0) is 21.1 Å². The van der Waals surface area contributed by atoms with Crippen LogP contribution in [0.15, 0.2) is 30.1 Å².